The fraction of sp³-hybridized carbons (Fsp3) is 0.462. The summed E-state index contributed by atoms with van der Waals surface area (Å²) < 4.78 is 15.7. The minimum Gasteiger partial charge on any atom is -0.493 e. The fourth-order valence-corrected chi connectivity index (χ4v) is 1.43. The minimum atomic E-state index is 0.534. The van der Waals surface area contributed by atoms with Gasteiger partial charge >= 0.3 is 0 Å². The van der Waals surface area contributed by atoms with E-state index in [4.69, 9.17) is 14.2 Å². The molecule has 0 radical (unpaired) electrons. The molecule has 0 aromatic carbocycles. The van der Waals surface area contributed by atoms with Crippen molar-refractivity contribution in [1.82, 2.24) is 0 Å². The van der Waals surface area contributed by atoms with E-state index in [0.717, 1.165) is 12.7 Å². The Kier molecular flexibility index (Phi) is 6.10. The second-order valence-electron chi connectivity index (χ2n) is 3.57. The van der Waals surface area contributed by atoms with Crippen LogP contribution in [0.15, 0.2) is 35.3 Å². The summed E-state index contributed by atoms with van der Waals surface area (Å²) in [4.78, 5) is 10.8. The van der Waals surface area contributed by atoms with Crippen molar-refractivity contribution < 1.29 is 19.0 Å². The molecule has 0 bridgehead atoms. The first kappa shape index (κ1) is 13.5. The number of methoxy groups -OCH3 is 2. The van der Waals surface area contributed by atoms with Crippen LogP contribution < -0.4 is 0 Å². The third kappa shape index (κ3) is 4.44. The molecule has 1 aliphatic rings. The zero-order valence-electron chi connectivity index (χ0n) is 10.3. The molecule has 0 aromatic rings. The fourth-order valence-electron chi connectivity index (χ4n) is 1.43. The first-order valence-corrected chi connectivity index (χ1v) is 5.54. The molecule has 0 N–H and O–H groups in total. The number of ether oxygens (including phenoxy) is 3. The number of hydrogen-bond acceptors (Lipinski definition) is 4. The largest absolute Gasteiger partial charge is 0.493 e. The van der Waals surface area contributed by atoms with Crippen LogP contribution in [-0.4, -0.2) is 33.7 Å². The van der Waals surface area contributed by atoms with Gasteiger partial charge in [-0.1, -0.05) is 6.08 Å². The molecule has 4 heteroatoms. The third-order valence-electron chi connectivity index (χ3n) is 2.30. The number of carbonyl (C=O) groups is 1. The van der Waals surface area contributed by atoms with Gasteiger partial charge in [0, 0.05) is 20.1 Å². The molecule has 94 valence electrons. The summed E-state index contributed by atoms with van der Waals surface area (Å²) in [6.07, 6.45) is 7.65. The van der Waals surface area contributed by atoms with Crippen LogP contribution in [0.25, 0.3) is 0 Å². The van der Waals surface area contributed by atoms with Crippen LogP contribution in [-0.2, 0) is 19.0 Å². The Labute approximate surface area is 102 Å². The number of allylic oxidation sites excluding steroid dienone is 4. The second-order valence-corrected chi connectivity index (χ2v) is 3.57. The van der Waals surface area contributed by atoms with Crippen molar-refractivity contribution in [3.8, 4) is 0 Å². The van der Waals surface area contributed by atoms with E-state index >= 15 is 0 Å². The predicted octanol–water partition coefficient (Wildman–Crippen LogP) is 1.98. The van der Waals surface area contributed by atoms with Gasteiger partial charge in [0.1, 0.15) is 6.29 Å². The maximum absolute atomic E-state index is 10.8. The third-order valence-corrected chi connectivity index (χ3v) is 2.30. The molecule has 0 amide bonds. The van der Waals surface area contributed by atoms with Crippen molar-refractivity contribution in [1.29, 1.82) is 0 Å². The highest BCUT2D eigenvalue weighted by Gasteiger charge is 2.09. The van der Waals surface area contributed by atoms with Crippen molar-refractivity contribution >= 4 is 6.29 Å². The number of aldehydes is 1. The smallest absolute Gasteiger partial charge is 0.161 e. The molecule has 0 aromatic heterocycles. The van der Waals surface area contributed by atoms with Gasteiger partial charge in [-0.05, 0) is 24.1 Å². The summed E-state index contributed by atoms with van der Waals surface area (Å²) in [6, 6.07) is 0. The molecule has 17 heavy (non-hydrogen) atoms. The Morgan fingerprint density at radius 3 is 2.76 bits per heavy atom. The summed E-state index contributed by atoms with van der Waals surface area (Å²) in [5.74, 6) is 1.23. The quantitative estimate of drug-likeness (QED) is 0.502. The lowest BCUT2D eigenvalue weighted by Gasteiger charge is -2.10. The van der Waals surface area contributed by atoms with Gasteiger partial charge in [0.15, 0.2) is 11.5 Å². The molecule has 4 nitrogen and oxygen atoms in total. The molecule has 0 saturated carbocycles. The zero-order valence-corrected chi connectivity index (χ0v) is 10.3. The molecule has 0 aliphatic heterocycles. The van der Waals surface area contributed by atoms with Gasteiger partial charge in [0.2, 0.25) is 0 Å². The lowest BCUT2D eigenvalue weighted by Crippen LogP contribution is -2.01. The lowest BCUT2D eigenvalue weighted by atomic mass is 10.2. The summed E-state index contributed by atoms with van der Waals surface area (Å²) in [7, 11) is 3.23. The Hall–Kier alpha value is -1.55. The van der Waals surface area contributed by atoms with Crippen LogP contribution >= 0.6 is 0 Å². The highest BCUT2D eigenvalue weighted by molar-refractivity contribution is 5.75. The van der Waals surface area contributed by atoms with Crippen molar-refractivity contribution in [3.05, 3.63) is 35.3 Å². The van der Waals surface area contributed by atoms with E-state index in [2.05, 4.69) is 0 Å². The van der Waals surface area contributed by atoms with E-state index in [9.17, 15) is 4.79 Å². The molecule has 1 rings (SSSR count). The highest BCUT2D eigenvalue weighted by atomic mass is 16.5. The molecule has 0 unspecified atom stereocenters. The topological polar surface area (TPSA) is 44.8 Å². The van der Waals surface area contributed by atoms with E-state index in [0.29, 0.717) is 36.7 Å². The van der Waals surface area contributed by atoms with Crippen molar-refractivity contribution in [2.75, 3.05) is 27.4 Å². The molecular formula is C13H18O4. The van der Waals surface area contributed by atoms with Gasteiger partial charge < -0.3 is 14.2 Å². The minimum absolute atomic E-state index is 0.534. The van der Waals surface area contributed by atoms with E-state index in [1.807, 2.05) is 12.2 Å². The van der Waals surface area contributed by atoms with Gasteiger partial charge in [0.05, 0.1) is 13.7 Å². The maximum Gasteiger partial charge on any atom is 0.161 e. The molecule has 0 saturated heterocycles. The Morgan fingerprint density at radius 1 is 1.29 bits per heavy atom. The monoisotopic (exact) mass is 238 g/mol. The number of hydrogen-bond donors (Lipinski definition) is 0. The Morgan fingerprint density at radius 2 is 2.12 bits per heavy atom. The average Bonchev–Trinajstić information content (AvgIpc) is 2.56. The van der Waals surface area contributed by atoms with Crippen LogP contribution in [0.4, 0.5) is 0 Å². The van der Waals surface area contributed by atoms with E-state index in [1.165, 1.54) is 0 Å². The predicted molar refractivity (Wildman–Crippen MR) is 64.4 cm³/mol. The normalized spacial score (nSPS) is 15.3. The maximum atomic E-state index is 10.8. The van der Waals surface area contributed by atoms with Gasteiger partial charge in [-0.15, -0.1) is 0 Å². The van der Waals surface area contributed by atoms with Gasteiger partial charge in [-0.3, -0.25) is 4.79 Å². The molecule has 0 fully saturated rings. The summed E-state index contributed by atoms with van der Waals surface area (Å²) >= 11 is 0. The van der Waals surface area contributed by atoms with Gasteiger partial charge in [0.25, 0.3) is 0 Å². The first-order valence-electron chi connectivity index (χ1n) is 5.54. The molecular weight excluding hydrogens is 220 g/mol. The zero-order chi connectivity index (χ0) is 12.5. The van der Waals surface area contributed by atoms with Crippen LogP contribution in [0.2, 0.25) is 0 Å². The summed E-state index contributed by atoms with van der Waals surface area (Å²) in [5, 5.41) is 0. The van der Waals surface area contributed by atoms with Crippen LogP contribution in [0, 0.1) is 0 Å². The molecule has 1 aliphatic carbocycles. The standard InChI is InChI=1S/C13H18O4/c1-15-7-4-8-17-13-9-11(10-14)5-3-6-12(13)16-2/h3,6,9-10H,4-5,7-8H2,1-2H3. The SMILES string of the molecule is COCCCOC1=C(OC)C=CCC(C=O)=C1. The average molecular weight is 238 g/mol. The molecule has 0 atom stereocenters. The van der Waals surface area contributed by atoms with Gasteiger partial charge in [-0.2, -0.15) is 0 Å². The van der Waals surface area contributed by atoms with Crippen LogP contribution in [0.5, 0.6) is 0 Å². The van der Waals surface area contributed by atoms with E-state index in [1.54, 1.807) is 20.3 Å². The number of rotatable bonds is 7. The van der Waals surface area contributed by atoms with E-state index in [-0.39, 0.29) is 0 Å². The summed E-state index contributed by atoms with van der Waals surface area (Å²) in [5.41, 5.74) is 0.676. The molecule has 0 spiro atoms. The molecule has 0 heterocycles. The highest BCUT2D eigenvalue weighted by Crippen LogP contribution is 2.18. The Balaban J connectivity index is 2.69. The second kappa shape index (κ2) is 7.68. The van der Waals surface area contributed by atoms with Gasteiger partial charge in [-0.25, -0.2) is 0 Å². The van der Waals surface area contributed by atoms with E-state index < -0.39 is 0 Å². The Bertz CT molecular complexity index is 339. The van der Waals surface area contributed by atoms with Crippen LogP contribution in [0.1, 0.15) is 12.8 Å². The summed E-state index contributed by atoms with van der Waals surface area (Å²) in [6.45, 7) is 1.18. The van der Waals surface area contributed by atoms with Crippen molar-refractivity contribution in [2.24, 2.45) is 0 Å². The number of carbonyl (C=O) groups excluding carboxylic acids is 1. The lowest BCUT2D eigenvalue weighted by molar-refractivity contribution is -0.105. The van der Waals surface area contributed by atoms with Crippen LogP contribution in [0.3, 0.4) is 0 Å². The van der Waals surface area contributed by atoms with Crippen molar-refractivity contribution in [3.63, 3.8) is 0 Å². The first-order chi connectivity index (χ1) is 8.31. The van der Waals surface area contributed by atoms with Crippen molar-refractivity contribution in [2.45, 2.75) is 12.8 Å².